The van der Waals surface area contributed by atoms with Crippen LogP contribution in [0.4, 0.5) is 16.5 Å². The summed E-state index contributed by atoms with van der Waals surface area (Å²) in [5.74, 6) is -0.473. The monoisotopic (exact) mass is 617 g/mol. The number of sulfonamides is 1. The van der Waals surface area contributed by atoms with Gasteiger partial charge < -0.3 is 10.2 Å². The summed E-state index contributed by atoms with van der Waals surface area (Å²) in [6, 6.07) is 17.6. The molecule has 0 bridgehead atoms. The van der Waals surface area contributed by atoms with E-state index in [4.69, 9.17) is 9.05 Å². The predicted molar refractivity (Wildman–Crippen MR) is 164 cm³/mol. The van der Waals surface area contributed by atoms with E-state index in [9.17, 15) is 17.8 Å². The smallest absolute Gasteiger partial charge is 0.377 e. The topological polar surface area (TPSA) is 139 Å². The number of carbonyl (C=O) groups excluding carboxylic acids is 1. The molecule has 1 aromatic heterocycles. The van der Waals surface area contributed by atoms with E-state index < -0.39 is 23.7 Å². The van der Waals surface area contributed by atoms with E-state index in [0.717, 1.165) is 11.1 Å². The molecule has 41 heavy (non-hydrogen) atoms. The van der Waals surface area contributed by atoms with Crippen LogP contribution in [0.25, 0.3) is 22.0 Å². The molecule has 0 radical (unpaired) electrons. The largest absolute Gasteiger partial charge is 0.405 e. The van der Waals surface area contributed by atoms with Crippen molar-refractivity contribution >= 4 is 62.3 Å². The minimum absolute atomic E-state index is 0.163. The number of nitrogens with zero attached hydrogens (tertiary/aromatic N) is 2. The molecule has 0 spiro atoms. The van der Waals surface area contributed by atoms with Gasteiger partial charge in [0.2, 0.25) is 5.91 Å². The summed E-state index contributed by atoms with van der Waals surface area (Å²) in [4.78, 5) is 19.0. The highest BCUT2D eigenvalue weighted by molar-refractivity contribution is 7.93. The van der Waals surface area contributed by atoms with Crippen LogP contribution in [0.5, 0.6) is 0 Å². The van der Waals surface area contributed by atoms with Crippen molar-refractivity contribution in [3.05, 3.63) is 66.0 Å². The Balaban J connectivity index is 1.48. The fourth-order valence-electron chi connectivity index (χ4n) is 4.11. The second-order valence-corrected chi connectivity index (χ2v) is 13.3. The van der Waals surface area contributed by atoms with Gasteiger partial charge in [0.1, 0.15) is 0 Å². The van der Waals surface area contributed by atoms with E-state index in [2.05, 4.69) is 20.1 Å². The second kappa shape index (κ2) is 13.1. The van der Waals surface area contributed by atoms with E-state index in [1.54, 1.807) is 61.7 Å². The minimum Gasteiger partial charge on any atom is -0.377 e. The van der Waals surface area contributed by atoms with Gasteiger partial charge in [0, 0.05) is 47.2 Å². The maximum atomic E-state index is 13.5. The lowest BCUT2D eigenvalue weighted by atomic mass is 10.1. The van der Waals surface area contributed by atoms with Crippen LogP contribution in [-0.2, 0) is 28.4 Å². The number of hydrogen-bond acceptors (Lipinski definition) is 9. The zero-order chi connectivity index (χ0) is 29.6. The summed E-state index contributed by atoms with van der Waals surface area (Å²) in [6.07, 6.45) is 0. The van der Waals surface area contributed by atoms with E-state index >= 15 is 0 Å². The Morgan fingerprint density at radius 1 is 1.00 bits per heavy atom. The van der Waals surface area contributed by atoms with Gasteiger partial charge in [-0.05, 0) is 38.1 Å². The molecule has 0 saturated carbocycles. The molecule has 3 N–H and O–H groups in total. The van der Waals surface area contributed by atoms with Crippen molar-refractivity contribution in [2.45, 2.75) is 18.7 Å². The van der Waals surface area contributed by atoms with Gasteiger partial charge in [-0.3, -0.25) is 18.6 Å². The Labute approximate surface area is 243 Å². The van der Waals surface area contributed by atoms with E-state index in [1.165, 1.54) is 11.3 Å². The number of fused-ring (bicyclic) bond motifs is 1. The number of amides is 1. The summed E-state index contributed by atoms with van der Waals surface area (Å²) < 4.78 is 52.3. The number of hydrogen-bond donors (Lipinski definition) is 3. The molecule has 0 saturated heterocycles. The third kappa shape index (κ3) is 7.50. The molecule has 14 heteroatoms. The summed E-state index contributed by atoms with van der Waals surface area (Å²) in [5.41, 5.74) is 2.49. The lowest BCUT2D eigenvalue weighted by Crippen LogP contribution is -2.27. The highest BCUT2D eigenvalue weighted by Crippen LogP contribution is 2.43. The van der Waals surface area contributed by atoms with Gasteiger partial charge in [-0.2, -0.15) is 0 Å². The second-order valence-electron chi connectivity index (χ2n) is 8.96. The number of carbonyl (C=O) groups is 1. The maximum absolute atomic E-state index is 13.5. The Bertz CT molecular complexity index is 1680. The van der Waals surface area contributed by atoms with Crippen LogP contribution in [0.15, 0.2) is 70.9 Å². The van der Waals surface area contributed by atoms with Gasteiger partial charge in [0.25, 0.3) is 10.0 Å². The number of thiazole rings is 1. The van der Waals surface area contributed by atoms with Crippen molar-refractivity contribution in [1.82, 2.24) is 10.1 Å². The van der Waals surface area contributed by atoms with Gasteiger partial charge in [-0.1, -0.05) is 36.4 Å². The first kappa shape index (κ1) is 30.6. The molecule has 0 fully saturated rings. The van der Waals surface area contributed by atoms with Crippen LogP contribution in [0.2, 0.25) is 0 Å². The third-order valence-electron chi connectivity index (χ3n) is 5.82. The molecule has 0 unspecified atom stereocenters. The fraction of sp³-hybridized carbons (Fsp3) is 0.259. The van der Waals surface area contributed by atoms with Gasteiger partial charge in [-0.15, -0.1) is 11.3 Å². The van der Waals surface area contributed by atoms with Gasteiger partial charge in [-0.25, -0.2) is 23.1 Å². The number of aromatic nitrogens is 1. The van der Waals surface area contributed by atoms with Gasteiger partial charge in [0.05, 0.1) is 30.3 Å². The normalized spacial score (nSPS) is 11.9. The number of nitrogens with one attached hydrogen (secondary N) is 3. The average Bonchev–Trinajstić information content (AvgIpc) is 3.40. The summed E-state index contributed by atoms with van der Waals surface area (Å²) in [5, 5.41) is 8.70. The lowest BCUT2D eigenvalue weighted by molar-refractivity contribution is -0.115. The van der Waals surface area contributed by atoms with Crippen molar-refractivity contribution in [2.75, 3.05) is 48.8 Å². The Morgan fingerprint density at radius 3 is 2.39 bits per heavy atom. The molecule has 0 aliphatic heterocycles. The van der Waals surface area contributed by atoms with Crippen molar-refractivity contribution < 1.29 is 26.8 Å². The van der Waals surface area contributed by atoms with Crippen molar-refractivity contribution in [2.24, 2.45) is 0 Å². The Kier molecular flexibility index (Phi) is 9.80. The first-order valence-corrected chi connectivity index (χ1v) is 16.7. The van der Waals surface area contributed by atoms with Crippen molar-refractivity contribution in [3.63, 3.8) is 0 Å². The van der Waals surface area contributed by atoms with E-state index in [1.807, 2.05) is 37.2 Å². The molecular formula is C27H32N5O6PS2. The quantitative estimate of drug-likeness (QED) is 0.165. The first-order valence-electron chi connectivity index (χ1n) is 12.8. The molecule has 1 amide bonds. The highest BCUT2D eigenvalue weighted by atomic mass is 32.2. The number of benzene rings is 3. The van der Waals surface area contributed by atoms with Crippen LogP contribution >= 0.6 is 19.1 Å². The van der Waals surface area contributed by atoms with Crippen LogP contribution in [0, 0.1) is 0 Å². The number of rotatable bonds is 13. The molecule has 0 aliphatic rings. The minimum atomic E-state index is -3.91. The SMILES string of the molecule is CCOP(=O)(NCC(=O)Nc1nc(-c2cccc(NS(=O)(=O)c3cccc4c(N(C)C)cccc34)c2)cs1)OCC. The average molecular weight is 618 g/mol. The van der Waals surface area contributed by atoms with Crippen LogP contribution in [0.3, 0.4) is 0 Å². The first-order chi connectivity index (χ1) is 19.5. The van der Waals surface area contributed by atoms with E-state index in [-0.39, 0.29) is 24.7 Å². The summed E-state index contributed by atoms with van der Waals surface area (Å²) in [7, 11) is -3.66. The summed E-state index contributed by atoms with van der Waals surface area (Å²) >= 11 is 1.20. The van der Waals surface area contributed by atoms with Crippen LogP contribution in [0.1, 0.15) is 13.8 Å². The number of anilines is 3. The molecule has 0 atom stereocenters. The Morgan fingerprint density at radius 2 is 1.68 bits per heavy atom. The Hall–Kier alpha value is -3.32. The molecule has 218 valence electrons. The molecule has 1 heterocycles. The summed E-state index contributed by atoms with van der Waals surface area (Å²) in [6.45, 7) is 3.38. The van der Waals surface area contributed by atoms with E-state index in [0.29, 0.717) is 27.5 Å². The lowest BCUT2D eigenvalue weighted by Gasteiger charge is -2.17. The van der Waals surface area contributed by atoms with Crippen molar-refractivity contribution in [1.29, 1.82) is 0 Å². The van der Waals surface area contributed by atoms with Crippen LogP contribution in [-0.4, -0.2) is 53.2 Å². The predicted octanol–water partition coefficient (Wildman–Crippen LogP) is 5.54. The molecular weight excluding hydrogens is 585 g/mol. The highest BCUT2D eigenvalue weighted by Gasteiger charge is 2.24. The van der Waals surface area contributed by atoms with Gasteiger partial charge in [0.15, 0.2) is 5.13 Å². The standard InChI is InChI=1S/C27H32N5O6PS2/c1-5-37-39(34,38-6-2)28-17-26(33)30-27-29-23(18-40-27)19-10-7-11-20(16-19)31-41(35,36)25-15-9-12-21-22(25)13-8-14-24(21)32(3)4/h7-16,18,31H,5-6,17H2,1-4H3,(H,28,34)(H,29,30,33). The molecule has 4 aromatic rings. The fourth-order valence-corrected chi connectivity index (χ4v) is 7.39. The van der Waals surface area contributed by atoms with Gasteiger partial charge >= 0.3 is 7.75 Å². The molecule has 4 rings (SSSR count). The van der Waals surface area contributed by atoms with Crippen LogP contribution < -0.4 is 20.0 Å². The third-order valence-corrected chi connectivity index (χ3v) is 9.76. The zero-order valence-corrected chi connectivity index (χ0v) is 25.6. The maximum Gasteiger partial charge on any atom is 0.405 e. The van der Waals surface area contributed by atoms with Crippen molar-refractivity contribution in [3.8, 4) is 11.3 Å². The zero-order valence-electron chi connectivity index (χ0n) is 23.1. The molecule has 11 nitrogen and oxygen atoms in total. The molecule has 3 aromatic carbocycles. The molecule has 0 aliphatic carbocycles.